The number of ether oxygens (including phenoxy) is 2. The van der Waals surface area contributed by atoms with Crippen molar-refractivity contribution in [2.45, 2.75) is 50.4 Å². The Morgan fingerprint density at radius 3 is 2.65 bits per heavy atom. The van der Waals surface area contributed by atoms with Gasteiger partial charge in [-0.1, -0.05) is 18.6 Å². The molecule has 23 heavy (non-hydrogen) atoms. The monoisotopic (exact) mass is 319 g/mol. The summed E-state index contributed by atoms with van der Waals surface area (Å²) in [5.74, 6) is 1.12. The van der Waals surface area contributed by atoms with Crippen LogP contribution in [0.25, 0.3) is 0 Å². The minimum atomic E-state index is -0.636. The Hall–Kier alpha value is -1.59. The second-order valence-corrected chi connectivity index (χ2v) is 6.59. The molecule has 0 bridgehead atoms. The van der Waals surface area contributed by atoms with Gasteiger partial charge in [-0.25, -0.2) is 0 Å². The number of aliphatic hydroxyl groups excluding tert-OH is 1. The predicted octanol–water partition coefficient (Wildman–Crippen LogP) is 1.67. The summed E-state index contributed by atoms with van der Waals surface area (Å²) < 4.78 is 10.7. The van der Waals surface area contributed by atoms with Gasteiger partial charge in [-0.05, 0) is 42.9 Å². The van der Waals surface area contributed by atoms with Crippen molar-refractivity contribution >= 4 is 5.97 Å². The summed E-state index contributed by atoms with van der Waals surface area (Å²) in [5.41, 5.74) is 1.12. The molecule has 2 N–H and O–H groups in total. The smallest absolute Gasteiger partial charge is 0.306 e. The number of aliphatic hydroxyl groups is 1. The first-order valence-electron chi connectivity index (χ1n) is 8.39. The predicted molar refractivity (Wildman–Crippen MR) is 86.3 cm³/mol. The number of carbonyl (C=O) groups is 1. The van der Waals surface area contributed by atoms with E-state index in [1.165, 1.54) is 6.42 Å². The lowest BCUT2D eigenvalue weighted by Gasteiger charge is -2.27. The maximum Gasteiger partial charge on any atom is 0.306 e. The van der Waals surface area contributed by atoms with Gasteiger partial charge in [-0.15, -0.1) is 0 Å². The van der Waals surface area contributed by atoms with Gasteiger partial charge in [0, 0.05) is 13.0 Å². The van der Waals surface area contributed by atoms with Crippen molar-refractivity contribution in [1.29, 1.82) is 0 Å². The number of nitrogens with one attached hydrogen (secondary N) is 1. The Morgan fingerprint density at radius 2 is 2.04 bits per heavy atom. The van der Waals surface area contributed by atoms with Crippen molar-refractivity contribution in [3.05, 3.63) is 29.8 Å². The van der Waals surface area contributed by atoms with Crippen molar-refractivity contribution in [3.63, 3.8) is 0 Å². The third-order valence-corrected chi connectivity index (χ3v) is 4.93. The Bertz CT molecular complexity index is 526. The minimum Gasteiger partial charge on any atom is -0.497 e. The van der Waals surface area contributed by atoms with Gasteiger partial charge in [0.25, 0.3) is 0 Å². The molecule has 2 aliphatic rings. The van der Waals surface area contributed by atoms with Crippen LogP contribution in [0.15, 0.2) is 24.3 Å². The normalized spacial score (nSPS) is 27.5. The average molecular weight is 319 g/mol. The molecule has 1 aromatic rings. The summed E-state index contributed by atoms with van der Waals surface area (Å²) in [4.78, 5) is 12.1. The zero-order chi connectivity index (χ0) is 16.2. The topological polar surface area (TPSA) is 67.8 Å². The van der Waals surface area contributed by atoms with Gasteiger partial charge in [-0.2, -0.15) is 0 Å². The highest BCUT2D eigenvalue weighted by atomic mass is 16.6. The van der Waals surface area contributed by atoms with Gasteiger partial charge < -0.3 is 19.9 Å². The number of methoxy groups -OCH3 is 1. The number of esters is 1. The number of hydrogen-bond donors (Lipinski definition) is 2. The van der Waals surface area contributed by atoms with Gasteiger partial charge in [0.05, 0.1) is 13.2 Å². The first-order chi connectivity index (χ1) is 11.2. The van der Waals surface area contributed by atoms with Gasteiger partial charge in [0.2, 0.25) is 0 Å². The first kappa shape index (κ1) is 16.3. The largest absolute Gasteiger partial charge is 0.497 e. The molecule has 1 aliphatic carbocycles. The van der Waals surface area contributed by atoms with Crippen LogP contribution < -0.4 is 10.1 Å². The van der Waals surface area contributed by atoms with Crippen molar-refractivity contribution < 1.29 is 19.4 Å². The van der Waals surface area contributed by atoms with Crippen LogP contribution in [0.1, 0.15) is 31.2 Å². The maximum absolute atomic E-state index is 12.1. The summed E-state index contributed by atoms with van der Waals surface area (Å²) in [7, 11) is 1.64. The van der Waals surface area contributed by atoms with E-state index in [2.05, 4.69) is 5.32 Å². The van der Waals surface area contributed by atoms with E-state index in [9.17, 15) is 9.90 Å². The fraction of sp³-hybridized carbons (Fsp3) is 0.611. The van der Waals surface area contributed by atoms with Crippen molar-refractivity contribution in [2.75, 3.05) is 13.7 Å². The quantitative estimate of drug-likeness (QED) is 0.781. The van der Waals surface area contributed by atoms with Crippen LogP contribution in [-0.4, -0.2) is 43.0 Å². The molecule has 0 radical (unpaired) electrons. The van der Waals surface area contributed by atoms with Gasteiger partial charge >= 0.3 is 5.97 Å². The van der Waals surface area contributed by atoms with E-state index < -0.39 is 12.2 Å². The Morgan fingerprint density at radius 1 is 1.30 bits per heavy atom. The van der Waals surface area contributed by atoms with E-state index in [0.717, 1.165) is 24.2 Å². The molecule has 3 rings (SSSR count). The second-order valence-electron chi connectivity index (χ2n) is 6.59. The number of β-amino-alcohol motifs (C(OH)–C–C–N with tert-alkyl or cyclic N) is 1. The SMILES string of the molecule is COc1ccc(C[C@H]2NC[C@H](O)[C@H]2OC(=O)CC2CCC2)cc1. The van der Waals surface area contributed by atoms with Crippen molar-refractivity contribution in [3.8, 4) is 5.75 Å². The van der Waals surface area contributed by atoms with Crippen LogP contribution >= 0.6 is 0 Å². The summed E-state index contributed by atoms with van der Waals surface area (Å²) >= 11 is 0. The molecule has 5 heteroatoms. The number of hydrogen-bond acceptors (Lipinski definition) is 5. The van der Waals surface area contributed by atoms with Gasteiger partial charge in [0.1, 0.15) is 18.0 Å². The highest BCUT2D eigenvalue weighted by Gasteiger charge is 2.38. The van der Waals surface area contributed by atoms with E-state index in [0.29, 0.717) is 25.3 Å². The van der Waals surface area contributed by atoms with E-state index in [1.54, 1.807) is 7.11 Å². The number of benzene rings is 1. The first-order valence-corrected chi connectivity index (χ1v) is 8.39. The Balaban J connectivity index is 1.57. The Kier molecular flexibility index (Phi) is 5.18. The lowest BCUT2D eigenvalue weighted by atomic mass is 9.83. The second kappa shape index (κ2) is 7.32. The molecule has 1 heterocycles. The standard InChI is InChI=1S/C18H25NO4/c1-22-14-7-5-13(6-8-14)9-15-18(16(20)11-19-15)23-17(21)10-12-3-2-4-12/h5-8,12,15-16,18-20H,2-4,9-11H2,1H3/t15-,16+,18+/m1/s1. The maximum atomic E-state index is 12.1. The number of rotatable bonds is 6. The minimum absolute atomic E-state index is 0.0521. The van der Waals surface area contributed by atoms with Crippen LogP contribution in [0.4, 0.5) is 0 Å². The summed E-state index contributed by atoms with van der Waals surface area (Å²) in [6.07, 6.45) is 3.55. The number of carbonyl (C=O) groups excluding carboxylic acids is 1. The molecule has 1 saturated carbocycles. The molecule has 1 aliphatic heterocycles. The van der Waals surface area contributed by atoms with Crippen LogP contribution in [0.3, 0.4) is 0 Å². The summed E-state index contributed by atoms with van der Waals surface area (Å²) in [5, 5.41) is 13.4. The lowest BCUT2D eigenvalue weighted by Crippen LogP contribution is -2.39. The van der Waals surface area contributed by atoms with Crippen molar-refractivity contribution in [2.24, 2.45) is 5.92 Å². The molecule has 0 spiro atoms. The third-order valence-electron chi connectivity index (χ3n) is 4.93. The van der Waals surface area contributed by atoms with Crippen LogP contribution in [0.5, 0.6) is 5.75 Å². The van der Waals surface area contributed by atoms with E-state index >= 15 is 0 Å². The molecular formula is C18H25NO4. The van der Waals surface area contributed by atoms with E-state index in [-0.39, 0.29) is 12.0 Å². The van der Waals surface area contributed by atoms with Crippen LogP contribution in [-0.2, 0) is 16.0 Å². The van der Waals surface area contributed by atoms with E-state index in [1.807, 2.05) is 24.3 Å². The summed E-state index contributed by atoms with van der Waals surface area (Å²) in [6, 6.07) is 7.77. The molecule has 126 valence electrons. The highest BCUT2D eigenvalue weighted by Crippen LogP contribution is 2.30. The third kappa shape index (κ3) is 4.03. The lowest BCUT2D eigenvalue weighted by molar-refractivity contribution is -0.155. The zero-order valence-electron chi connectivity index (χ0n) is 13.5. The molecule has 0 unspecified atom stereocenters. The fourth-order valence-electron chi connectivity index (χ4n) is 3.27. The highest BCUT2D eigenvalue weighted by molar-refractivity contribution is 5.70. The molecule has 2 fully saturated rings. The molecule has 1 aromatic carbocycles. The van der Waals surface area contributed by atoms with Gasteiger partial charge in [0.15, 0.2) is 0 Å². The molecule has 3 atom stereocenters. The van der Waals surface area contributed by atoms with Crippen molar-refractivity contribution in [1.82, 2.24) is 5.32 Å². The average Bonchev–Trinajstić information content (AvgIpc) is 2.85. The van der Waals surface area contributed by atoms with Crippen LogP contribution in [0, 0.1) is 5.92 Å². The molecule has 0 aromatic heterocycles. The van der Waals surface area contributed by atoms with E-state index in [4.69, 9.17) is 9.47 Å². The fourth-order valence-corrected chi connectivity index (χ4v) is 3.27. The molecule has 0 amide bonds. The zero-order valence-corrected chi connectivity index (χ0v) is 13.5. The van der Waals surface area contributed by atoms with Crippen LogP contribution in [0.2, 0.25) is 0 Å². The molecular weight excluding hydrogens is 294 g/mol. The summed E-state index contributed by atoms with van der Waals surface area (Å²) in [6.45, 7) is 0.461. The Labute approximate surface area is 137 Å². The molecule has 1 saturated heterocycles. The van der Waals surface area contributed by atoms with Gasteiger partial charge in [-0.3, -0.25) is 4.79 Å². The molecule has 5 nitrogen and oxygen atoms in total.